The predicted molar refractivity (Wildman–Crippen MR) is 73.0 cm³/mol. The maximum Gasteiger partial charge on any atom is 0.125 e. The van der Waals surface area contributed by atoms with Gasteiger partial charge in [0.1, 0.15) is 11.9 Å². The van der Waals surface area contributed by atoms with Gasteiger partial charge in [0.2, 0.25) is 0 Å². The summed E-state index contributed by atoms with van der Waals surface area (Å²) >= 11 is 0. The summed E-state index contributed by atoms with van der Waals surface area (Å²) in [6.07, 6.45) is -0.652. The van der Waals surface area contributed by atoms with E-state index in [1.807, 2.05) is 56.3 Å². The van der Waals surface area contributed by atoms with Crippen LogP contribution in [0.15, 0.2) is 42.5 Å². The van der Waals surface area contributed by atoms with Gasteiger partial charge in [-0.2, -0.15) is 0 Å². The van der Waals surface area contributed by atoms with E-state index in [4.69, 9.17) is 4.74 Å². The average Bonchev–Trinajstić information content (AvgIpc) is 2.38. The van der Waals surface area contributed by atoms with Crippen LogP contribution in [0.2, 0.25) is 0 Å². The van der Waals surface area contributed by atoms with Crippen molar-refractivity contribution < 1.29 is 9.84 Å². The first-order chi connectivity index (χ1) is 8.61. The molecule has 0 radical (unpaired) electrons. The molecular formula is C16H18O2. The van der Waals surface area contributed by atoms with Gasteiger partial charge in [-0.05, 0) is 31.0 Å². The average molecular weight is 242 g/mol. The van der Waals surface area contributed by atoms with Crippen molar-refractivity contribution in [3.05, 3.63) is 64.7 Å². The highest BCUT2D eigenvalue weighted by molar-refractivity contribution is 5.42. The highest BCUT2D eigenvalue weighted by Crippen LogP contribution is 2.30. The lowest BCUT2D eigenvalue weighted by molar-refractivity contribution is 0.214. The van der Waals surface area contributed by atoms with E-state index >= 15 is 0 Å². The van der Waals surface area contributed by atoms with Crippen LogP contribution in [0.5, 0.6) is 5.75 Å². The van der Waals surface area contributed by atoms with Crippen molar-refractivity contribution >= 4 is 0 Å². The molecule has 0 amide bonds. The molecule has 2 aromatic rings. The number of rotatable bonds is 3. The second-order valence-corrected chi connectivity index (χ2v) is 4.56. The largest absolute Gasteiger partial charge is 0.496 e. The fraction of sp³-hybridized carbons (Fsp3) is 0.250. The third-order valence-corrected chi connectivity index (χ3v) is 3.08. The van der Waals surface area contributed by atoms with Gasteiger partial charge in [0, 0.05) is 5.56 Å². The summed E-state index contributed by atoms with van der Waals surface area (Å²) in [7, 11) is 1.63. The van der Waals surface area contributed by atoms with Gasteiger partial charge in [0.15, 0.2) is 0 Å². The molecule has 0 spiro atoms. The minimum Gasteiger partial charge on any atom is -0.496 e. The molecule has 18 heavy (non-hydrogen) atoms. The maximum atomic E-state index is 10.4. The van der Waals surface area contributed by atoms with Crippen LogP contribution in [0.25, 0.3) is 0 Å². The summed E-state index contributed by atoms with van der Waals surface area (Å²) in [6, 6.07) is 13.7. The summed E-state index contributed by atoms with van der Waals surface area (Å²) < 4.78 is 5.33. The van der Waals surface area contributed by atoms with E-state index < -0.39 is 6.10 Å². The number of aryl methyl sites for hydroxylation is 2. The molecule has 0 saturated heterocycles. The van der Waals surface area contributed by atoms with E-state index in [9.17, 15) is 5.11 Å². The van der Waals surface area contributed by atoms with Gasteiger partial charge in [0.25, 0.3) is 0 Å². The van der Waals surface area contributed by atoms with E-state index in [0.717, 1.165) is 22.4 Å². The number of aliphatic hydroxyl groups excluding tert-OH is 1. The number of aliphatic hydroxyl groups is 1. The van der Waals surface area contributed by atoms with Crippen LogP contribution in [0, 0.1) is 13.8 Å². The summed E-state index contributed by atoms with van der Waals surface area (Å²) in [5.41, 5.74) is 3.98. The molecule has 0 aliphatic heterocycles. The lowest BCUT2D eigenvalue weighted by Gasteiger charge is -2.16. The van der Waals surface area contributed by atoms with Crippen molar-refractivity contribution in [1.82, 2.24) is 0 Å². The molecule has 1 atom stereocenters. The Morgan fingerprint density at radius 1 is 0.944 bits per heavy atom. The SMILES string of the molecule is COc1cc(C)ccc1C(O)c1ccc(C)cc1. The standard InChI is InChI=1S/C16H18O2/c1-11-4-7-13(8-5-11)16(17)14-9-6-12(2)10-15(14)18-3/h4-10,16-17H,1-3H3. The van der Waals surface area contributed by atoms with Gasteiger partial charge < -0.3 is 9.84 Å². The van der Waals surface area contributed by atoms with E-state index in [-0.39, 0.29) is 0 Å². The zero-order chi connectivity index (χ0) is 13.1. The van der Waals surface area contributed by atoms with Crippen LogP contribution in [-0.2, 0) is 0 Å². The molecule has 2 nitrogen and oxygen atoms in total. The second kappa shape index (κ2) is 5.23. The summed E-state index contributed by atoms with van der Waals surface area (Å²) in [5.74, 6) is 0.725. The summed E-state index contributed by atoms with van der Waals surface area (Å²) in [6.45, 7) is 4.03. The molecule has 2 aromatic carbocycles. The van der Waals surface area contributed by atoms with Crippen molar-refractivity contribution in [2.24, 2.45) is 0 Å². The van der Waals surface area contributed by atoms with E-state index in [2.05, 4.69) is 0 Å². The van der Waals surface area contributed by atoms with Crippen LogP contribution >= 0.6 is 0 Å². The Kier molecular flexibility index (Phi) is 3.68. The van der Waals surface area contributed by atoms with Gasteiger partial charge in [-0.25, -0.2) is 0 Å². The molecule has 94 valence electrons. The minimum atomic E-state index is -0.652. The Bertz CT molecular complexity index is 529. The second-order valence-electron chi connectivity index (χ2n) is 4.56. The Morgan fingerprint density at radius 2 is 1.56 bits per heavy atom. The number of benzene rings is 2. The van der Waals surface area contributed by atoms with Gasteiger partial charge in [0.05, 0.1) is 7.11 Å². The van der Waals surface area contributed by atoms with Crippen LogP contribution in [0.3, 0.4) is 0 Å². The Morgan fingerprint density at radius 3 is 2.17 bits per heavy atom. The molecule has 0 saturated carbocycles. The fourth-order valence-corrected chi connectivity index (χ4v) is 1.97. The third kappa shape index (κ3) is 2.54. The van der Waals surface area contributed by atoms with Crippen molar-refractivity contribution in [3.8, 4) is 5.75 Å². The molecule has 0 heterocycles. The van der Waals surface area contributed by atoms with Gasteiger partial charge in [-0.1, -0.05) is 42.0 Å². The Labute approximate surface area is 108 Å². The smallest absolute Gasteiger partial charge is 0.125 e. The normalized spacial score (nSPS) is 12.2. The zero-order valence-electron chi connectivity index (χ0n) is 11.0. The first-order valence-corrected chi connectivity index (χ1v) is 6.01. The van der Waals surface area contributed by atoms with Gasteiger partial charge in [-0.15, -0.1) is 0 Å². The summed E-state index contributed by atoms with van der Waals surface area (Å²) in [4.78, 5) is 0. The van der Waals surface area contributed by atoms with Crippen LogP contribution < -0.4 is 4.74 Å². The van der Waals surface area contributed by atoms with E-state index in [1.165, 1.54) is 5.56 Å². The first kappa shape index (κ1) is 12.7. The number of hydrogen-bond donors (Lipinski definition) is 1. The van der Waals surface area contributed by atoms with Crippen molar-refractivity contribution in [2.45, 2.75) is 20.0 Å². The summed E-state index contributed by atoms with van der Waals surface area (Å²) in [5, 5.41) is 10.4. The minimum absolute atomic E-state index is 0.652. The number of methoxy groups -OCH3 is 1. The Balaban J connectivity index is 2.39. The third-order valence-electron chi connectivity index (χ3n) is 3.08. The molecule has 0 fully saturated rings. The number of ether oxygens (including phenoxy) is 1. The van der Waals surface area contributed by atoms with E-state index in [0.29, 0.717) is 0 Å². The van der Waals surface area contributed by atoms with Crippen LogP contribution in [-0.4, -0.2) is 12.2 Å². The van der Waals surface area contributed by atoms with Crippen molar-refractivity contribution in [2.75, 3.05) is 7.11 Å². The first-order valence-electron chi connectivity index (χ1n) is 6.01. The van der Waals surface area contributed by atoms with Crippen molar-refractivity contribution in [3.63, 3.8) is 0 Å². The molecule has 0 bridgehead atoms. The molecule has 1 unspecified atom stereocenters. The lowest BCUT2D eigenvalue weighted by Crippen LogP contribution is -2.02. The molecule has 0 aliphatic carbocycles. The van der Waals surface area contributed by atoms with Crippen LogP contribution in [0.4, 0.5) is 0 Å². The quantitative estimate of drug-likeness (QED) is 0.894. The van der Waals surface area contributed by atoms with Gasteiger partial charge >= 0.3 is 0 Å². The highest BCUT2D eigenvalue weighted by atomic mass is 16.5. The fourth-order valence-electron chi connectivity index (χ4n) is 1.97. The van der Waals surface area contributed by atoms with Crippen molar-refractivity contribution in [1.29, 1.82) is 0 Å². The van der Waals surface area contributed by atoms with Crippen LogP contribution in [0.1, 0.15) is 28.4 Å². The lowest BCUT2D eigenvalue weighted by atomic mass is 9.99. The molecule has 0 aliphatic rings. The number of hydrogen-bond acceptors (Lipinski definition) is 2. The topological polar surface area (TPSA) is 29.5 Å². The highest BCUT2D eigenvalue weighted by Gasteiger charge is 2.15. The molecule has 2 heteroatoms. The van der Waals surface area contributed by atoms with Gasteiger partial charge in [-0.3, -0.25) is 0 Å². The monoisotopic (exact) mass is 242 g/mol. The molecule has 0 aromatic heterocycles. The molecule has 2 rings (SSSR count). The molecule has 1 N–H and O–H groups in total. The maximum absolute atomic E-state index is 10.4. The predicted octanol–water partition coefficient (Wildman–Crippen LogP) is 3.39. The van der Waals surface area contributed by atoms with E-state index in [1.54, 1.807) is 7.11 Å². The Hall–Kier alpha value is -1.80. The zero-order valence-corrected chi connectivity index (χ0v) is 11.0. The molecular weight excluding hydrogens is 224 g/mol.